The lowest BCUT2D eigenvalue weighted by Gasteiger charge is -2.35. The second kappa shape index (κ2) is 9.13. The van der Waals surface area contributed by atoms with E-state index in [0.29, 0.717) is 19.8 Å². The molecule has 124 valence electrons. The van der Waals surface area contributed by atoms with Crippen molar-refractivity contribution in [1.29, 1.82) is 0 Å². The van der Waals surface area contributed by atoms with E-state index in [1.54, 1.807) is 0 Å². The van der Waals surface area contributed by atoms with Gasteiger partial charge in [0.1, 0.15) is 0 Å². The SMILES string of the molecule is CC(CCc1ccccc1)NC(=O)C1(CN)CCOCC1.Cl. The molecule has 1 aliphatic rings. The first kappa shape index (κ1) is 18.9. The Morgan fingerprint density at radius 1 is 1.32 bits per heavy atom. The molecule has 4 nitrogen and oxygen atoms in total. The van der Waals surface area contributed by atoms with Crippen LogP contribution in [-0.4, -0.2) is 31.7 Å². The first-order valence-electron chi connectivity index (χ1n) is 7.79. The molecule has 1 heterocycles. The number of amides is 1. The number of ether oxygens (including phenoxy) is 1. The number of carbonyl (C=O) groups is 1. The van der Waals surface area contributed by atoms with Crippen LogP contribution in [0, 0.1) is 5.41 Å². The predicted molar refractivity (Wildman–Crippen MR) is 91.2 cm³/mol. The molecular weight excluding hydrogens is 300 g/mol. The zero-order valence-electron chi connectivity index (χ0n) is 13.2. The van der Waals surface area contributed by atoms with Crippen LogP contribution in [0.15, 0.2) is 30.3 Å². The molecular formula is C17H27ClN2O2. The quantitative estimate of drug-likeness (QED) is 0.843. The smallest absolute Gasteiger partial charge is 0.227 e. The number of carbonyl (C=O) groups excluding carboxylic acids is 1. The summed E-state index contributed by atoms with van der Waals surface area (Å²) in [7, 11) is 0. The van der Waals surface area contributed by atoms with Crippen molar-refractivity contribution >= 4 is 18.3 Å². The molecule has 1 aliphatic heterocycles. The van der Waals surface area contributed by atoms with E-state index in [-0.39, 0.29) is 24.4 Å². The normalized spacial score (nSPS) is 18.1. The van der Waals surface area contributed by atoms with E-state index < -0.39 is 5.41 Å². The van der Waals surface area contributed by atoms with Crippen molar-refractivity contribution in [1.82, 2.24) is 5.32 Å². The third-order valence-electron chi connectivity index (χ3n) is 4.41. The van der Waals surface area contributed by atoms with Crippen LogP contribution in [0.1, 0.15) is 31.7 Å². The van der Waals surface area contributed by atoms with E-state index >= 15 is 0 Å². The van der Waals surface area contributed by atoms with Crippen molar-refractivity contribution in [2.45, 2.75) is 38.6 Å². The average Bonchev–Trinajstić information content (AvgIpc) is 2.54. The number of nitrogens with one attached hydrogen (secondary N) is 1. The molecule has 1 saturated heterocycles. The average molecular weight is 327 g/mol. The highest BCUT2D eigenvalue weighted by Crippen LogP contribution is 2.29. The van der Waals surface area contributed by atoms with E-state index in [0.717, 1.165) is 25.7 Å². The molecule has 0 aliphatic carbocycles. The fraction of sp³-hybridized carbons (Fsp3) is 0.588. The van der Waals surface area contributed by atoms with Gasteiger partial charge in [-0.1, -0.05) is 30.3 Å². The van der Waals surface area contributed by atoms with Crippen molar-refractivity contribution in [3.63, 3.8) is 0 Å². The number of hydrogen-bond donors (Lipinski definition) is 2. The Labute approximate surface area is 139 Å². The lowest BCUT2D eigenvalue weighted by molar-refractivity contribution is -0.136. The van der Waals surface area contributed by atoms with Gasteiger partial charge in [0.2, 0.25) is 5.91 Å². The molecule has 0 aromatic heterocycles. The summed E-state index contributed by atoms with van der Waals surface area (Å²) in [4.78, 5) is 12.5. The summed E-state index contributed by atoms with van der Waals surface area (Å²) in [5.74, 6) is 0.0915. The van der Waals surface area contributed by atoms with Crippen LogP contribution in [0.4, 0.5) is 0 Å². The third kappa shape index (κ3) is 4.97. The molecule has 0 radical (unpaired) electrons. The molecule has 1 fully saturated rings. The first-order valence-corrected chi connectivity index (χ1v) is 7.79. The van der Waals surface area contributed by atoms with Gasteiger partial charge >= 0.3 is 0 Å². The number of benzene rings is 1. The summed E-state index contributed by atoms with van der Waals surface area (Å²) in [6, 6.07) is 10.5. The lowest BCUT2D eigenvalue weighted by atomic mass is 9.79. The number of hydrogen-bond acceptors (Lipinski definition) is 3. The number of aryl methyl sites for hydroxylation is 1. The van der Waals surface area contributed by atoms with Crippen molar-refractivity contribution in [2.75, 3.05) is 19.8 Å². The molecule has 2 rings (SSSR count). The minimum absolute atomic E-state index is 0. The van der Waals surface area contributed by atoms with Crippen molar-refractivity contribution in [2.24, 2.45) is 11.1 Å². The Kier molecular flexibility index (Phi) is 7.87. The van der Waals surface area contributed by atoms with Gasteiger partial charge in [0, 0.05) is 25.8 Å². The highest BCUT2D eigenvalue weighted by Gasteiger charge is 2.39. The van der Waals surface area contributed by atoms with Crippen LogP contribution in [-0.2, 0) is 16.0 Å². The molecule has 0 bridgehead atoms. The largest absolute Gasteiger partial charge is 0.381 e. The predicted octanol–water partition coefficient (Wildman–Crippen LogP) is 2.30. The summed E-state index contributed by atoms with van der Waals surface area (Å²) in [6.07, 6.45) is 3.36. The van der Waals surface area contributed by atoms with Gasteiger partial charge in [0.05, 0.1) is 5.41 Å². The zero-order chi connectivity index (χ0) is 15.1. The van der Waals surface area contributed by atoms with Gasteiger partial charge in [0.25, 0.3) is 0 Å². The van der Waals surface area contributed by atoms with Crippen molar-refractivity contribution in [3.8, 4) is 0 Å². The second-order valence-electron chi connectivity index (χ2n) is 6.00. The maximum Gasteiger partial charge on any atom is 0.227 e. The van der Waals surface area contributed by atoms with Gasteiger partial charge in [0.15, 0.2) is 0 Å². The Balaban J connectivity index is 0.00000242. The summed E-state index contributed by atoms with van der Waals surface area (Å²) >= 11 is 0. The van der Waals surface area contributed by atoms with Gasteiger partial charge < -0.3 is 15.8 Å². The minimum Gasteiger partial charge on any atom is -0.381 e. The minimum atomic E-state index is -0.431. The van der Waals surface area contributed by atoms with E-state index in [9.17, 15) is 4.79 Å². The molecule has 1 aromatic rings. The number of nitrogens with two attached hydrogens (primary N) is 1. The summed E-state index contributed by atoms with van der Waals surface area (Å²) < 4.78 is 5.35. The number of halogens is 1. The number of rotatable bonds is 6. The van der Waals surface area contributed by atoms with Crippen molar-refractivity contribution in [3.05, 3.63) is 35.9 Å². The summed E-state index contributed by atoms with van der Waals surface area (Å²) in [5.41, 5.74) is 6.74. The molecule has 1 aromatic carbocycles. The molecule has 5 heteroatoms. The van der Waals surface area contributed by atoms with E-state index in [1.807, 2.05) is 18.2 Å². The Morgan fingerprint density at radius 3 is 2.55 bits per heavy atom. The first-order chi connectivity index (χ1) is 10.2. The standard InChI is InChI=1S/C17H26N2O2.ClH/c1-14(7-8-15-5-3-2-4-6-15)19-16(20)17(13-18)9-11-21-12-10-17;/h2-6,14H,7-13,18H2,1H3,(H,19,20);1H. The monoisotopic (exact) mass is 326 g/mol. The lowest BCUT2D eigenvalue weighted by Crippen LogP contribution is -2.51. The highest BCUT2D eigenvalue weighted by molar-refractivity contribution is 5.85. The fourth-order valence-electron chi connectivity index (χ4n) is 2.76. The Bertz CT molecular complexity index is 447. The fourth-order valence-corrected chi connectivity index (χ4v) is 2.76. The molecule has 1 amide bonds. The van der Waals surface area contributed by atoms with E-state index in [2.05, 4.69) is 24.4 Å². The zero-order valence-corrected chi connectivity index (χ0v) is 14.0. The Morgan fingerprint density at radius 2 is 1.95 bits per heavy atom. The van der Waals surface area contributed by atoms with Crippen LogP contribution in [0.25, 0.3) is 0 Å². The van der Waals surface area contributed by atoms with Crippen LogP contribution in [0.5, 0.6) is 0 Å². The maximum atomic E-state index is 12.5. The van der Waals surface area contributed by atoms with Gasteiger partial charge in [-0.15, -0.1) is 12.4 Å². The van der Waals surface area contributed by atoms with Gasteiger partial charge in [-0.05, 0) is 38.2 Å². The third-order valence-corrected chi connectivity index (χ3v) is 4.41. The van der Waals surface area contributed by atoms with E-state index in [1.165, 1.54) is 5.56 Å². The Hall–Kier alpha value is -1.10. The van der Waals surface area contributed by atoms with Crippen LogP contribution >= 0.6 is 12.4 Å². The molecule has 0 saturated carbocycles. The van der Waals surface area contributed by atoms with Gasteiger partial charge in [-0.3, -0.25) is 4.79 Å². The highest BCUT2D eigenvalue weighted by atomic mass is 35.5. The topological polar surface area (TPSA) is 64.4 Å². The van der Waals surface area contributed by atoms with Gasteiger partial charge in [-0.2, -0.15) is 0 Å². The second-order valence-corrected chi connectivity index (χ2v) is 6.00. The van der Waals surface area contributed by atoms with E-state index in [4.69, 9.17) is 10.5 Å². The summed E-state index contributed by atoms with van der Waals surface area (Å²) in [5, 5.41) is 3.14. The molecule has 1 unspecified atom stereocenters. The van der Waals surface area contributed by atoms with Crippen molar-refractivity contribution < 1.29 is 9.53 Å². The van der Waals surface area contributed by atoms with Crippen LogP contribution < -0.4 is 11.1 Å². The molecule has 22 heavy (non-hydrogen) atoms. The molecule has 3 N–H and O–H groups in total. The summed E-state index contributed by atoms with van der Waals surface area (Å²) in [6.45, 7) is 3.71. The molecule has 0 spiro atoms. The maximum absolute atomic E-state index is 12.5. The van der Waals surface area contributed by atoms with Crippen LogP contribution in [0.2, 0.25) is 0 Å². The van der Waals surface area contributed by atoms with Crippen LogP contribution in [0.3, 0.4) is 0 Å². The molecule has 1 atom stereocenters. The van der Waals surface area contributed by atoms with Gasteiger partial charge in [-0.25, -0.2) is 0 Å².